The molecule has 2 atom stereocenters. The minimum absolute atomic E-state index is 0.792. The van der Waals surface area contributed by atoms with E-state index in [0.29, 0.717) is 0 Å². The van der Waals surface area contributed by atoms with Crippen LogP contribution in [0, 0.1) is 11.8 Å². The van der Waals surface area contributed by atoms with Crippen LogP contribution in [0.2, 0.25) is 0 Å². The first-order valence-electron chi connectivity index (χ1n) is 4.56. The Morgan fingerprint density at radius 1 is 1.45 bits per heavy atom. The van der Waals surface area contributed by atoms with Crippen LogP contribution in [0.4, 0.5) is 0 Å². The molecule has 1 aliphatic carbocycles. The van der Waals surface area contributed by atoms with Crippen molar-refractivity contribution >= 4 is 0 Å². The number of allylic oxidation sites excluding steroid dienone is 1. The summed E-state index contributed by atoms with van der Waals surface area (Å²) in [6.07, 6.45) is 9.51. The molecular weight excluding hydrogens is 136 g/mol. The number of hydrogen-bond acceptors (Lipinski definition) is 1. The molecule has 0 saturated heterocycles. The topological polar surface area (TPSA) is 9.23 Å². The second-order valence-electron chi connectivity index (χ2n) is 3.41. The van der Waals surface area contributed by atoms with E-state index in [1.807, 2.05) is 6.26 Å². The molecule has 0 aromatic rings. The van der Waals surface area contributed by atoms with E-state index < -0.39 is 0 Å². The van der Waals surface area contributed by atoms with Crippen LogP contribution in [-0.2, 0) is 4.74 Å². The highest BCUT2D eigenvalue weighted by atomic mass is 16.5. The first-order valence-corrected chi connectivity index (χ1v) is 4.56. The van der Waals surface area contributed by atoms with E-state index in [0.717, 1.165) is 11.8 Å². The molecule has 1 nitrogen and oxygen atoms in total. The Bertz CT molecular complexity index is 129. The summed E-state index contributed by atoms with van der Waals surface area (Å²) in [6.45, 7) is 2.28. The standard InChI is InChI=1S/C10H18O/c1-3-9-4-5-10(8-9)6-7-11-2/h6-7,9-10H,3-5,8H2,1-2H3/b7-6+. The molecule has 1 heteroatoms. The van der Waals surface area contributed by atoms with E-state index in [9.17, 15) is 0 Å². The third kappa shape index (κ3) is 2.57. The summed E-state index contributed by atoms with van der Waals surface area (Å²) in [4.78, 5) is 0. The molecule has 1 rings (SSSR count). The Morgan fingerprint density at radius 3 is 2.82 bits per heavy atom. The average Bonchev–Trinajstić information content (AvgIpc) is 2.48. The molecule has 2 unspecified atom stereocenters. The van der Waals surface area contributed by atoms with Crippen molar-refractivity contribution in [3.63, 3.8) is 0 Å². The number of ether oxygens (including phenoxy) is 1. The van der Waals surface area contributed by atoms with Gasteiger partial charge in [-0.1, -0.05) is 13.3 Å². The molecule has 1 fully saturated rings. The maximum atomic E-state index is 4.89. The molecule has 0 radical (unpaired) electrons. The van der Waals surface area contributed by atoms with E-state index in [4.69, 9.17) is 4.74 Å². The molecule has 1 saturated carbocycles. The van der Waals surface area contributed by atoms with Crippen molar-refractivity contribution in [2.24, 2.45) is 11.8 Å². The molecule has 0 N–H and O–H groups in total. The largest absolute Gasteiger partial charge is 0.505 e. The molecule has 0 aromatic heterocycles. The Labute approximate surface area is 69.4 Å². The molecule has 0 bridgehead atoms. The fraction of sp³-hybridized carbons (Fsp3) is 0.800. The molecule has 64 valence electrons. The van der Waals surface area contributed by atoms with Gasteiger partial charge in [-0.05, 0) is 37.2 Å². The van der Waals surface area contributed by atoms with Gasteiger partial charge in [0.05, 0.1) is 13.4 Å². The van der Waals surface area contributed by atoms with Crippen molar-refractivity contribution < 1.29 is 4.74 Å². The average molecular weight is 154 g/mol. The fourth-order valence-electron chi connectivity index (χ4n) is 1.85. The molecule has 1 aliphatic rings. The summed E-state index contributed by atoms with van der Waals surface area (Å²) in [5, 5.41) is 0. The van der Waals surface area contributed by atoms with Crippen molar-refractivity contribution in [2.45, 2.75) is 32.6 Å². The highest BCUT2D eigenvalue weighted by Gasteiger charge is 2.20. The first kappa shape index (κ1) is 8.63. The van der Waals surface area contributed by atoms with Gasteiger partial charge >= 0.3 is 0 Å². The molecule has 0 spiro atoms. The van der Waals surface area contributed by atoms with Crippen molar-refractivity contribution in [1.29, 1.82) is 0 Å². The van der Waals surface area contributed by atoms with Crippen LogP contribution >= 0.6 is 0 Å². The Kier molecular flexibility index (Phi) is 3.47. The minimum Gasteiger partial charge on any atom is -0.505 e. The van der Waals surface area contributed by atoms with Crippen molar-refractivity contribution in [2.75, 3.05) is 7.11 Å². The Hall–Kier alpha value is -0.460. The third-order valence-corrected chi connectivity index (χ3v) is 2.65. The highest BCUT2D eigenvalue weighted by Crippen LogP contribution is 2.33. The van der Waals surface area contributed by atoms with Crippen LogP contribution in [-0.4, -0.2) is 7.11 Å². The third-order valence-electron chi connectivity index (χ3n) is 2.65. The molecule has 0 aromatic carbocycles. The predicted molar refractivity (Wildman–Crippen MR) is 47.3 cm³/mol. The highest BCUT2D eigenvalue weighted by molar-refractivity contribution is 4.89. The van der Waals surface area contributed by atoms with Crippen molar-refractivity contribution in [1.82, 2.24) is 0 Å². The van der Waals surface area contributed by atoms with Gasteiger partial charge in [0, 0.05) is 0 Å². The van der Waals surface area contributed by atoms with E-state index in [2.05, 4.69) is 13.0 Å². The Morgan fingerprint density at radius 2 is 2.27 bits per heavy atom. The van der Waals surface area contributed by atoms with Crippen molar-refractivity contribution in [3.8, 4) is 0 Å². The summed E-state index contributed by atoms with van der Waals surface area (Å²) in [7, 11) is 1.71. The normalized spacial score (nSPS) is 31.5. The molecular formula is C10H18O. The van der Waals surface area contributed by atoms with Crippen LogP contribution in [0.3, 0.4) is 0 Å². The van der Waals surface area contributed by atoms with Crippen LogP contribution in [0.1, 0.15) is 32.6 Å². The van der Waals surface area contributed by atoms with Gasteiger partial charge in [-0.2, -0.15) is 0 Å². The zero-order chi connectivity index (χ0) is 8.10. The molecule has 0 amide bonds. The van der Waals surface area contributed by atoms with Gasteiger partial charge < -0.3 is 4.74 Å². The lowest BCUT2D eigenvalue weighted by Gasteiger charge is -2.03. The van der Waals surface area contributed by atoms with Crippen LogP contribution in [0.5, 0.6) is 0 Å². The van der Waals surface area contributed by atoms with Gasteiger partial charge in [-0.25, -0.2) is 0 Å². The summed E-state index contributed by atoms with van der Waals surface area (Å²) in [5.41, 5.74) is 0. The van der Waals surface area contributed by atoms with E-state index in [1.165, 1.54) is 25.7 Å². The number of rotatable bonds is 3. The van der Waals surface area contributed by atoms with Crippen LogP contribution < -0.4 is 0 Å². The SMILES string of the molecule is CCC1CCC(/C=C/OC)C1. The van der Waals surface area contributed by atoms with Gasteiger partial charge in [0.2, 0.25) is 0 Å². The van der Waals surface area contributed by atoms with Gasteiger partial charge in [0.1, 0.15) is 0 Å². The van der Waals surface area contributed by atoms with E-state index in [1.54, 1.807) is 7.11 Å². The second kappa shape index (κ2) is 4.42. The Balaban J connectivity index is 2.24. The summed E-state index contributed by atoms with van der Waals surface area (Å²) in [6, 6.07) is 0. The fourth-order valence-corrected chi connectivity index (χ4v) is 1.85. The van der Waals surface area contributed by atoms with Crippen molar-refractivity contribution in [3.05, 3.63) is 12.3 Å². The van der Waals surface area contributed by atoms with E-state index >= 15 is 0 Å². The maximum Gasteiger partial charge on any atom is 0.0787 e. The smallest absolute Gasteiger partial charge is 0.0787 e. The van der Waals surface area contributed by atoms with Crippen LogP contribution in [0.25, 0.3) is 0 Å². The molecule has 11 heavy (non-hydrogen) atoms. The first-order chi connectivity index (χ1) is 5.36. The lowest BCUT2D eigenvalue weighted by Crippen LogP contribution is -1.91. The van der Waals surface area contributed by atoms with Gasteiger partial charge in [-0.3, -0.25) is 0 Å². The van der Waals surface area contributed by atoms with Gasteiger partial charge in [0.25, 0.3) is 0 Å². The van der Waals surface area contributed by atoms with Crippen LogP contribution in [0.15, 0.2) is 12.3 Å². The number of methoxy groups -OCH3 is 1. The monoisotopic (exact) mass is 154 g/mol. The minimum atomic E-state index is 0.792. The van der Waals surface area contributed by atoms with Gasteiger partial charge in [0.15, 0.2) is 0 Å². The lowest BCUT2D eigenvalue weighted by atomic mass is 10.0. The zero-order valence-electron chi connectivity index (χ0n) is 7.55. The van der Waals surface area contributed by atoms with E-state index in [-0.39, 0.29) is 0 Å². The lowest BCUT2D eigenvalue weighted by molar-refractivity contribution is 0.333. The number of hydrogen-bond donors (Lipinski definition) is 0. The van der Waals surface area contributed by atoms with Gasteiger partial charge in [-0.15, -0.1) is 0 Å². The molecule has 0 heterocycles. The molecule has 0 aliphatic heterocycles. The predicted octanol–water partition coefficient (Wildman–Crippen LogP) is 2.97. The summed E-state index contributed by atoms with van der Waals surface area (Å²) < 4.78 is 4.89. The second-order valence-corrected chi connectivity index (χ2v) is 3.41. The summed E-state index contributed by atoms with van der Waals surface area (Å²) >= 11 is 0. The maximum absolute atomic E-state index is 4.89. The zero-order valence-corrected chi connectivity index (χ0v) is 7.55. The quantitative estimate of drug-likeness (QED) is 0.568. The summed E-state index contributed by atoms with van der Waals surface area (Å²) in [5.74, 6) is 1.77.